The molecule has 0 unspecified atom stereocenters. The van der Waals surface area contributed by atoms with Gasteiger partial charge >= 0.3 is 0 Å². The van der Waals surface area contributed by atoms with Crippen molar-refractivity contribution in [3.63, 3.8) is 0 Å². The molecule has 0 fully saturated rings. The summed E-state index contributed by atoms with van der Waals surface area (Å²) in [5.41, 5.74) is 2.35. The Balaban J connectivity index is 2.75. The highest BCUT2D eigenvalue weighted by Gasteiger charge is 2.01. The lowest BCUT2D eigenvalue weighted by Crippen LogP contribution is -1.74. The number of hydrogen-bond acceptors (Lipinski definition) is 1. The van der Waals surface area contributed by atoms with Crippen molar-refractivity contribution in [3.8, 4) is 11.3 Å². The molecule has 0 bridgehead atoms. The van der Waals surface area contributed by atoms with Gasteiger partial charge in [-0.25, -0.2) is 0 Å². The predicted octanol–water partition coefficient (Wildman–Crippen LogP) is 2.69. The Bertz CT molecular complexity index is 309. The fourth-order valence-corrected chi connectivity index (χ4v) is 1.08. The van der Waals surface area contributed by atoms with Crippen LogP contribution in [0.25, 0.3) is 11.3 Å². The molecule has 1 heterocycles. The summed E-state index contributed by atoms with van der Waals surface area (Å²) in [7, 11) is 0. The highest BCUT2D eigenvalue weighted by Crippen LogP contribution is 2.23. The Kier molecular flexibility index (Phi) is 1.04. The highest BCUT2D eigenvalue weighted by atomic mass is 16.3. The fraction of sp³-hybridized carbons (Fsp3) is 0.111. The molecule has 1 heteroatoms. The molecule has 1 nitrogen and oxygen atoms in total. The van der Waals surface area contributed by atoms with E-state index in [1.807, 2.05) is 25.1 Å². The quantitative estimate of drug-likeness (QED) is 0.537. The van der Waals surface area contributed by atoms with Crippen LogP contribution in [-0.2, 0) is 0 Å². The third-order valence-electron chi connectivity index (χ3n) is 1.56. The van der Waals surface area contributed by atoms with Crippen molar-refractivity contribution in [1.29, 1.82) is 0 Å². The highest BCUT2D eigenvalue weighted by molar-refractivity contribution is 5.60. The van der Waals surface area contributed by atoms with E-state index in [0.29, 0.717) is 0 Å². The summed E-state index contributed by atoms with van der Waals surface area (Å²) >= 11 is 0. The van der Waals surface area contributed by atoms with Gasteiger partial charge in [0.1, 0.15) is 5.76 Å². The first-order chi connectivity index (χ1) is 4.86. The van der Waals surface area contributed by atoms with Crippen molar-refractivity contribution in [1.82, 2.24) is 0 Å². The van der Waals surface area contributed by atoms with Crippen LogP contribution >= 0.6 is 0 Å². The first kappa shape index (κ1) is 5.54. The lowest BCUT2D eigenvalue weighted by atomic mass is 10.2. The van der Waals surface area contributed by atoms with Crippen LogP contribution in [0.2, 0.25) is 0 Å². The van der Waals surface area contributed by atoms with Gasteiger partial charge in [-0.2, -0.15) is 0 Å². The Labute approximate surface area is 59.6 Å². The molecule has 2 aliphatic rings. The van der Waals surface area contributed by atoms with Gasteiger partial charge < -0.3 is 4.42 Å². The Morgan fingerprint density at radius 3 is 3.10 bits per heavy atom. The molecular weight excluding hydrogens is 124 g/mol. The number of aryl methyl sites for hydroxylation is 1. The second-order valence-corrected chi connectivity index (χ2v) is 2.47. The third-order valence-corrected chi connectivity index (χ3v) is 1.56. The maximum atomic E-state index is 5.28. The molecule has 0 aromatic rings. The summed E-state index contributed by atoms with van der Waals surface area (Å²) in [5.74, 6) is 0.964. The molecule has 50 valence electrons. The summed E-state index contributed by atoms with van der Waals surface area (Å²) in [5, 5.41) is 0. The topological polar surface area (TPSA) is 13.1 Å². The van der Waals surface area contributed by atoms with Crippen LogP contribution in [0.15, 0.2) is 34.9 Å². The minimum Gasteiger partial charge on any atom is -0.464 e. The van der Waals surface area contributed by atoms with Crippen LogP contribution < -0.4 is 0 Å². The summed E-state index contributed by atoms with van der Waals surface area (Å²) in [6.07, 6.45) is 1.77. The van der Waals surface area contributed by atoms with Gasteiger partial charge in [0.05, 0.1) is 6.26 Å². The first-order valence-electron chi connectivity index (χ1n) is 3.30. The van der Waals surface area contributed by atoms with Crippen molar-refractivity contribution in [2.45, 2.75) is 6.92 Å². The summed E-state index contributed by atoms with van der Waals surface area (Å²) in [6, 6.07) is 8.12. The monoisotopic (exact) mass is 132 g/mol. The van der Waals surface area contributed by atoms with Crippen molar-refractivity contribution in [2.24, 2.45) is 0 Å². The van der Waals surface area contributed by atoms with Gasteiger partial charge in [0.25, 0.3) is 0 Å². The average Bonchev–Trinajstić information content (AvgIpc) is 2.33. The SMILES string of the molecule is Cc1coc2cccc-2c1. The predicted molar refractivity (Wildman–Crippen MR) is 40.1 cm³/mol. The molecule has 0 N–H and O–H groups in total. The molecule has 0 amide bonds. The van der Waals surface area contributed by atoms with E-state index in [0.717, 1.165) is 5.76 Å². The maximum absolute atomic E-state index is 5.28. The van der Waals surface area contributed by atoms with Gasteiger partial charge in [0.15, 0.2) is 0 Å². The van der Waals surface area contributed by atoms with E-state index in [9.17, 15) is 0 Å². The minimum absolute atomic E-state index is 0.964. The van der Waals surface area contributed by atoms with Gasteiger partial charge in [-0.05, 0) is 24.6 Å². The molecule has 0 saturated carbocycles. The van der Waals surface area contributed by atoms with Crippen molar-refractivity contribution < 1.29 is 4.42 Å². The number of rotatable bonds is 0. The largest absolute Gasteiger partial charge is 0.464 e. The van der Waals surface area contributed by atoms with Gasteiger partial charge in [-0.3, -0.25) is 0 Å². The molecule has 0 spiro atoms. The van der Waals surface area contributed by atoms with E-state index < -0.39 is 0 Å². The Morgan fingerprint density at radius 1 is 1.30 bits per heavy atom. The lowest BCUT2D eigenvalue weighted by Gasteiger charge is -1.97. The zero-order valence-corrected chi connectivity index (χ0v) is 5.79. The van der Waals surface area contributed by atoms with E-state index in [2.05, 4.69) is 6.07 Å². The molecule has 0 atom stereocenters. The molecule has 0 saturated heterocycles. The second kappa shape index (κ2) is 1.87. The normalized spacial score (nSPS) is 10.5. The zero-order chi connectivity index (χ0) is 6.97. The lowest BCUT2D eigenvalue weighted by molar-refractivity contribution is 0.562. The second-order valence-electron chi connectivity index (χ2n) is 2.47. The van der Waals surface area contributed by atoms with Gasteiger partial charge in [-0.15, -0.1) is 0 Å². The van der Waals surface area contributed by atoms with Crippen LogP contribution in [-0.4, -0.2) is 0 Å². The van der Waals surface area contributed by atoms with Crippen LogP contribution in [0.5, 0.6) is 0 Å². The third kappa shape index (κ3) is 0.711. The van der Waals surface area contributed by atoms with Crippen molar-refractivity contribution >= 4 is 0 Å². The Hall–Kier alpha value is -1.24. The molecule has 0 aromatic heterocycles. The van der Waals surface area contributed by atoms with Crippen LogP contribution in [0.1, 0.15) is 5.56 Å². The fourth-order valence-electron chi connectivity index (χ4n) is 1.08. The van der Waals surface area contributed by atoms with E-state index in [-0.39, 0.29) is 0 Å². The van der Waals surface area contributed by atoms with Crippen LogP contribution in [0.3, 0.4) is 0 Å². The van der Waals surface area contributed by atoms with E-state index in [4.69, 9.17) is 4.42 Å². The zero-order valence-electron chi connectivity index (χ0n) is 5.79. The summed E-state index contributed by atoms with van der Waals surface area (Å²) < 4.78 is 5.28. The maximum Gasteiger partial charge on any atom is 0.133 e. The van der Waals surface area contributed by atoms with Crippen LogP contribution in [0, 0.1) is 6.92 Å². The summed E-state index contributed by atoms with van der Waals surface area (Å²) in [6.45, 7) is 2.02. The van der Waals surface area contributed by atoms with Gasteiger partial charge in [0, 0.05) is 5.56 Å². The Morgan fingerprint density at radius 2 is 2.20 bits per heavy atom. The van der Waals surface area contributed by atoms with Gasteiger partial charge in [0.2, 0.25) is 0 Å². The molecule has 1 aliphatic heterocycles. The van der Waals surface area contributed by atoms with E-state index >= 15 is 0 Å². The standard InChI is InChI=1S/C9H8O/c1-7-5-8-3-2-4-9(8)10-6-7/h2-6H,1H3. The van der Waals surface area contributed by atoms with Crippen molar-refractivity contribution in [2.75, 3.05) is 0 Å². The molecule has 10 heavy (non-hydrogen) atoms. The van der Waals surface area contributed by atoms with E-state index in [1.165, 1.54) is 11.1 Å². The van der Waals surface area contributed by atoms with Gasteiger partial charge in [-0.1, -0.05) is 12.1 Å². The smallest absolute Gasteiger partial charge is 0.133 e. The van der Waals surface area contributed by atoms with Crippen LogP contribution in [0.4, 0.5) is 0 Å². The first-order valence-corrected chi connectivity index (χ1v) is 3.30. The number of fused-ring (bicyclic) bond motifs is 1. The minimum atomic E-state index is 0.964. The molecular formula is C9H8O. The molecule has 0 radical (unpaired) electrons. The molecule has 1 aliphatic carbocycles. The van der Waals surface area contributed by atoms with Crippen molar-refractivity contribution in [3.05, 3.63) is 36.1 Å². The average molecular weight is 132 g/mol. The summed E-state index contributed by atoms with van der Waals surface area (Å²) in [4.78, 5) is 0. The molecule has 0 aromatic carbocycles. The van der Waals surface area contributed by atoms with E-state index in [1.54, 1.807) is 6.26 Å². The number of hydrogen-bond donors (Lipinski definition) is 0. The molecule has 2 rings (SSSR count).